The number of fused-ring (bicyclic) bond motifs is 1. The molecule has 0 atom stereocenters. The van der Waals surface area contributed by atoms with Crippen molar-refractivity contribution in [2.24, 2.45) is 0 Å². The molecule has 0 spiro atoms. The van der Waals surface area contributed by atoms with Crippen LogP contribution in [0, 0.1) is 6.92 Å². The largest absolute Gasteiger partial charge is 0.408 e. The van der Waals surface area contributed by atoms with Gasteiger partial charge < -0.3 is 4.42 Å². The number of amides is 1. The minimum absolute atomic E-state index is 0.131. The normalized spacial score (nSPS) is 10.9. The summed E-state index contributed by atoms with van der Waals surface area (Å²) >= 11 is 0. The molecule has 1 amide bonds. The summed E-state index contributed by atoms with van der Waals surface area (Å²) < 4.78 is 7.72. The summed E-state index contributed by atoms with van der Waals surface area (Å²) in [5.74, 6) is -0.345. The Balaban J connectivity index is 1.73. The van der Waals surface area contributed by atoms with Crippen LogP contribution in [0.2, 0.25) is 0 Å². The Morgan fingerprint density at radius 3 is 2.72 bits per heavy atom. The lowest BCUT2D eigenvalue weighted by molar-refractivity contribution is 0.101. The second-order valence-electron chi connectivity index (χ2n) is 4.97. The number of anilines is 1. The van der Waals surface area contributed by atoms with E-state index in [2.05, 4.69) is 30.7 Å². The van der Waals surface area contributed by atoms with Crippen LogP contribution in [0.1, 0.15) is 16.4 Å². The van der Waals surface area contributed by atoms with Crippen molar-refractivity contribution < 1.29 is 9.21 Å². The molecule has 0 saturated heterocycles. The summed E-state index contributed by atoms with van der Waals surface area (Å²) in [7, 11) is 0. The molecular weight excluding hydrogens is 328 g/mol. The second-order valence-corrected chi connectivity index (χ2v) is 4.97. The molecule has 25 heavy (non-hydrogen) atoms. The summed E-state index contributed by atoms with van der Waals surface area (Å²) in [5.41, 5.74) is -0.510. The van der Waals surface area contributed by atoms with E-state index >= 15 is 0 Å². The van der Waals surface area contributed by atoms with Crippen molar-refractivity contribution >= 4 is 17.7 Å². The zero-order chi connectivity index (χ0) is 17.4. The van der Waals surface area contributed by atoms with Gasteiger partial charge in [0.05, 0.1) is 5.69 Å². The molecule has 0 radical (unpaired) electrons. The lowest BCUT2D eigenvalue weighted by atomic mass is 10.3. The lowest BCUT2D eigenvalue weighted by Crippen LogP contribution is -2.27. The fourth-order valence-electron chi connectivity index (χ4n) is 2.16. The van der Waals surface area contributed by atoms with Gasteiger partial charge in [-0.15, -0.1) is 5.10 Å². The Labute approximate surface area is 138 Å². The van der Waals surface area contributed by atoms with Gasteiger partial charge in [-0.3, -0.25) is 14.9 Å². The fraction of sp³-hybridized carbons (Fsp3) is 0.0714. The molecule has 0 saturated carbocycles. The van der Waals surface area contributed by atoms with Gasteiger partial charge in [0.1, 0.15) is 6.33 Å². The molecule has 0 bridgehead atoms. The van der Waals surface area contributed by atoms with Gasteiger partial charge in [-0.25, -0.2) is 0 Å². The third kappa shape index (κ3) is 2.63. The predicted molar refractivity (Wildman–Crippen MR) is 83.4 cm³/mol. The Bertz CT molecular complexity index is 1130. The van der Waals surface area contributed by atoms with Crippen LogP contribution in [0.25, 0.3) is 11.5 Å². The number of para-hydroxylation sites is 1. The molecule has 0 aliphatic rings. The molecule has 0 unspecified atom stereocenters. The number of carbonyl (C=O) groups excluding carboxylic acids is 1. The van der Waals surface area contributed by atoms with Crippen molar-refractivity contribution in [2.75, 3.05) is 5.32 Å². The number of benzene rings is 1. The van der Waals surface area contributed by atoms with Crippen LogP contribution < -0.4 is 10.9 Å². The first-order valence-corrected chi connectivity index (χ1v) is 7.13. The standard InChI is InChI=1S/C14H10N8O3/c1-8-18-19-13(25-8)16-11(23)10-12(24)17-14-21(20-10)7-15-22(14)9-5-3-2-4-6-9/h2-7H,1H3,(H,16,19,23). The van der Waals surface area contributed by atoms with Crippen LogP contribution >= 0.6 is 0 Å². The zero-order valence-corrected chi connectivity index (χ0v) is 12.8. The molecule has 11 heteroatoms. The molecular formula is C14H10N8O3. The van der Waals surface area contributed by atoms with Gasteiger partial charge >= 0.3 is 11.6 Å². The number of rotatable bonds is 3. The summed E-state index contributed by atoms with van der Waals surface area (Å²) in [6.07, 6.45) is 1.35. The van der Waals surface area contributed by atoms with Gasteiger partial charge in [0.15, 0.2) is 0 Å². The Morgan fingerprint density at radius 1 is 1.20 bits per heavy atom. The number of carbonyl (C=O) groups is 1. The minimum Gasteiger partial charge on any atom is -0.408 e. The van der Waals surface area contributed by atoms with E-state index in [4.69, 9.17) is 4.42 Å². The first kappa shape index (κ1) is 14.7. The molecule has 0 aliphatic carbocycles. The fourth-order valence-corrected chi connectivity index (χ4v) is 2.16. The van der Waals surface area contributed by atoms with E-state index in [1.54, 1.807) is 19.1 Å². The van der Waals surface area contributed by atoms with Crippen LogP contribution in [-0.4, -0.2) is 40.5 Å². The SMILES string of the molecule is Cc1nnc(NC(=O)c2nn3cnn(-c4ccccc4)c3nc2=O)o1. The van der Waals surface area contributed by atoms with Crippen LogP contribution in [0.15, 0.2) is 45.9 Å². The average Bonchev–Trinajstić information content (AvgIpc) is 3.20. The van der Waals surface area contributed by atoms with Crippen LogP contribution in [0.4, 0.5) is 6.01 Å². The Hall–Kier alpha value is -3.89. The maximum atomic E-state index is 12.2. The first-order valence-electron chi connectivity index (χ1n) is 7.13. The number of nitrogens with zero attached hydrogens (tertiary/aromatic N) is 7. The van der Waals surface area contributed by atoms with Crippen molar-refractivity contribution in [2.45, 2.75) is 6.92 Å². The average molecular weight is 338 g/mol. The lowest BCUT2D eigenvalue weighted by Gasteiger charge is -2.02. The highest BCUT2D eigenvalue weighted by Gasteiger charge is 2.19. The van der Waals surface area contributed by atoms with Gasteiger partial charge in [-0.2, -0.15) is 24.4 Å². The van der Waals surface area contributed by atoms with Gasteiger partial charge in [-0.1, -0.05) is 23.3 Å². The molecule has 124 valence electrons. The van der Waals surface area contributed by atoms with Crippen molar-refractivity contribution in [3.05, 3.63) is 58.6 Å². The maximum absolute atomic E-state index is 12.2. The van der Waals surface area contributed by atoms with Crippen molar-refractivity contribution in [3.63, 3.8) is 0 Å². The molecule has 3 aromatic heterocycles. The van der Waals surface area contributed by atoms with E-state index in [0.717, 1.165) is 0 Å². The number of hydrogen-bond acceptors (Lipinski definition) is 8. The quantitative estimate of drug-likeness (QED) is 0.561. The predicted octanol–water partition coefficient (Wildman–Crippen LogP) is 0.219. The summed E-state index contributed by atoms with van der Waals surface area (Å²) in [5, 5.41) is 17.6. The van der Waals surface area contributed by atoms with Gasteiger partial charge in [0.25, 0.3) is 11.7 Å². The Morgan fingerprint density at radius 2 is 2.00 bits per heavy atom. The van der Waals surface area contributed by atoms with Crippen molar-refractivity contribution in [1.82, 2.24) is 34.6 Å². The molecule has 4 rings (SSSR count). The zero-order valence-electron chi connectivity index (χ0n) is 12.8. The van der Waals surface area contributed by atoms with E-state index in [0.29, 0.717) is 5.69 Å². The van der Waals surface area contributed by atoms with Gasteiger partial charge in [0, 0.05) is 6.92 Å². The number of nitrogens with one attached hydrogen (secondary N) is 1. The third-order valence-electron chi connectivity index (χ3n) is 3.25. The van der Waals surface area contributed by atoms with Crippen molar-refractivity contribution in [3.8, 4) is 5.69 Å². The molecule has 1 N–H and O–H groups in total. The third-order valence-corrected chi connectivity index (χ3v) is 3.25. The van der Waals surface area contributed by atoms with Crippen molar-refractivity contribution in [1.29, 1.82) is 0 Å². The summed E-state index contributed by atoms with van der Waals surface area (Å²) in [6, 6.07) is 8.98. The smallest absolute Gasteiger partial charge is 0.322 e. The monoisotopic (exact) mass is 338 g/mol. The molecule has 3 heterocycles. The highest BCUT2D eigenvalue weighted by Crippen LogP contribution is 2.09. The summed E-state index contributed by atoms with van der Waals surface area (Å²) in [4.78, 5) is 28.3. The van der Waals surface area contributed by atoms with Gasteiger partial charge in [0.2, 0.25) is 11.6 Å². The van der Waals surface area contributed by atoms with E-state index in [-0.39, 0.29) is 17.7 Å². The second kappa shape index (κ2) is 5.63. The minimum atomic E-state index is -0.803. The van der Waals surface area contributed by atoms with Crippen LogP contribution in [-0.2, 0) is 0 Å². The van der Waals surface area contributed by atoms with E-state index in [9.17, 15) is 9.59 Å². The van der Waals surface area contributed by atoms with E-state index in [1.807, 2.05) is 18.2 Å². The molecule has 11 nitrogen and oxygen atoms in total. The number of hydrogen-bond donors (Lipinski definition) is 1. The number of aromatic nitrogens is 7. The first-order chi connectivity index (χ1) is 12.1. The topological polar surface area (TPSA) is 133 Å². The van der Waals surface area contributed by atoms with Crippen LogP contribution in [0.5, 0.6) is 0 Å². The highest BCUT2D eigenvalue weighted by atomic mass is 16.4. The molecule has 0 aliphatic heterocycles. The Kier molecular flexibility index (Phi) is 3.31. The van der Waals surface area contributed by atoms with Gasteiger partial charge in [-0.05, 0) is 12.1 Å². The van der Waals surface area contributed by atoms with E-state index in [1.165, 1.54) is 15.5 Å². The molecule has 0 fully saturated rings. The number of aryl methyl sites for hydroxylation is 1. The molecule has 1 aromatic carbocycles. The maximum Gasteiger partial charge on any atom is 0.322 e. The van der Waals surface area contributed by atoms with E-state index < -0.39 is 17.2 Å². The summed E-state index contributed by atoms with van der Waals surface area (Å²) in [6.45, 7) is 1.57. The molecule has 4 aromatic rings. The van der Waals surface area contributed by atoms with Crippen LogP contribution in [0.3, 0.4) is 0 Å². The highest BCUT2D eigenvalue weighted by molar-refractivity contribution is 6.01.